The molecule has 2 aromatic heterocycles. The molecule has 0 atom stereocenters. The molecule has 2 N–H and O–H groups in total. The van der Waals surface area contributed by atoms with Crippen molar-refractivity contribution in [3.05, 3.63) is 71.3 Å². The van der Waals surface area contributed by atoms with Crippen LogP contribution in [0.25, 0.3) is 11.0 Å². The summed E-state index contributed by atoms with van der Waals surface area (Å²) in [5.74, 6) is -0.291. The zero-order valence-electron chi connectivity index (χ0n) is 16.8. The number of nitrogens with two attached hydrogens (primary N) is 1. The molecule has 0 fully saturated rings. The summed E-state index contributed by atoms with van der Waals surface area (Å²) in [5.41, 5.74) is 9.95. The molecule has 0 spiro atoms. The van der Waals surface area contributed by atoms with Crippen LogP contribution in [0.15, 0.2) is 59.4 Å². The first-order chi connectivity index (χ1) is 13.8. The number of hydrogen-bond donors (Lipinski definition) is 1. The van der Waals surface area contributed by atoms with Crippen molar-refractivity contribution >= 4 is 21.1 Å². The van der Waals surface area contributed by atoms with Crippen LogP contribution in [0.1, 0.15) is 16.8 Å². The molecule has 3 rings (SSSR count). The van der Waals surface area contributed by atoms with E-state index in [0.717, 1.165) is 27.9 Å². The van der Waals surface area contributed by atoms with Gasteiger partial charge in [-0.15, -0.1) is 0 Å². The minimum atomic E-state index is -3.47. The highest BCUT2D eigenvalue weighted by Crippen LogP contribution is 2.28. The molecule has 0 unspecified atom stereocenters. The minimum absolute atomic E-state index is 0.102. The third kappa shape index (κ3) is 4.24. The molecule has 0 radical (unpaired) electrons. The molecular weight excluding hydrogens is 391 g/mol. The molecule has 1 aromatic carbocycles. The van der Waals surface area contributed by atoms with Gasteiger partial charge in [0, 0.05) is 44.5 Å². The van der Waals surface area contributed by atoms with E-state index in [-0.39, 0.29) is 23.8 Å². The van der Waals surface area contributed by atoms with Gasteiger partial charge in [-0.2, -0.15) is 0 Å². The van der Waals surface area contributed by atoms with Crippen molar-refractivity contribution in [1.82, 2.24) is 13.9 Å². The van der Waals surface area contributed by atoms with E-state index in [1.807, 2.05) is 23.6 Å². The number of pyridine rings is 1. The SMILES string of the molecule is Cc1c(Cc2ccc(S(=O)(=O)N(C)C)cc2)c2ncccc2n1CC(F)=CCN. The quantitative estimate of drug-likeness (QED) is 0.642. The van der Waals surface area contributed by atoms with E-state index in [2.05, 4.69) is 4.98 Å². The first-order valence-electron chi connectivity index (χ1n) is 9.24. The van der Waals surface area contributed by atoms with E-state index < -0.39 is 10.0 Å². The normalized spacial score (nSPS) is 12.8. The van der Waals surface area contributed by atoms with Crippen LogP contribution in [0.5, 0.6) is 0 Å². The van der Waals surface area contributed by atoms with Crippen molar-refractivity contribution in [2.24, 2.45) is 5.73 Å². The molecule has 3 aromatic rings. The van der Waals surface area contributed by atoms with Gasteiger partial charge in [-0.25, -0.2) is 17.1 Å². The monoisotopic (exact) mass is 416 g/mol. The molecular formula is C21H25FN4O2S. The zero-order chi connectivity index (χ0) is 21.2. The fraction of sp³-hybridized carbons (Fsp3) is 0.286. The number of fused-ring (bicyclic) bond motifs is 1. The highest BCUT2D eigenvalue weighted by Gasteiger charge is 2.19. The number of sulfonamides is 1. The molecule has 8 heteroatoms. The van der Waals surface area contributed by atoms with Gasteiger partial charge in [0.2, 0.25) is 10.0 Å². The largest absolute Gasteiger partial charge is 0.336 e. The summed E-state index contributed by atoms with van der Waals surface area (Å²) in [6, 6.07) is 10.6. The Bertz CT molecular complexity index is 1150. The number of benzene rings is 1. The van der Waals surface area contributed by atoms with Crippen LogP contribution in [0.3, 0.4) is 0 Å². The van der Waals surface area contributed by atoms with Gasteiger partial charge in [0.1, 0.15) is 5.83 Å². The van der Waals surface area contributed by atoms with Crippen LogP contribution in [0.2, 0.25) is 0 Å². The Morgan fingerprint density at radius 1 is 1.24 bits per heavy atom. The summed E-state index contributed by atoms with van der Waals surface area (Å²) in [6.07, 6.45) is 3.65. The van der Waals surface area contributed by atoms with E-state index >= 15 is 0 Å². The first kappa shape index (κ1) is 21.2. The molecule has 2 heterocycles. The summed E-state index contributed by atoms with van der Waals surface area (Å²) >= 11 is 0. The van der Waals surface area contributed by atoms with Crippen LogP contribution < -0.4 is 5.73 Å². The van der Waals surface area contributed by atoms with Crippen molar-refractivity contribution in [3.63, 3.8) is 0 Å². The van der Waals surface area contributed by atoms with Crippen LogP contribution in [-0.4, -0.2) is 42.9 Å². The molecule has 0 amide bonds. The lowest BCUT2D eigenvalue weighted by Gasteiger charge is -2.12. The van der Waals surface area contributed by atoms with Gasteiger partial charge in [-0.1, -0.05) is 12.1 Å². The fourth-order valence-electron chi connectivity index (χ4n) is 3.32. The van der Waals surface area contributed by atoms with Gasteiger partial charge in [0.05, 0.1) is 22.5 Å². The second-order valence-electron chi connectivity index (χ2n) is 7.02. The topological polar surface area (TPSA) is 81.2 Å². The van der Waals surface area contributed by atoms with Crippen molar-refractivity contribution in [1.29, 1.82) is 0 Å². The highest BCUT2D eigenvalue weighted by atomic mass is 32.2. The van der Waals surface area contributed by atoms with Crippen molar-refractivity contribution in [2.45, 2.75) is 24.8 Å². The Kier molecular flexibility index (Phi) is 6.16. The number of halogens is 1. The lowest BCUT2D eigenvalue weighted by Crippen LogP contribution is -2.22. The molecule has 0 saturated heterocycles. The molecule has 0 aliphatic heterocycles. The van der Waals surface area contributed by atoms with Crippen LogP contribution in [0, 0.1) is 6.92 Å². The van der Waals surface area contributed by atoms with E-state index in [4.69, 9.17) is 5.73 Å². The van der Waals surface area contributed by atoms with Crippen molar-refractivity contribution in [3.8, 4) is 0 Å². The van der Waals surface area contributed by atoms with Gasteiger partial charge in [0.25, 0.3) is 0 Å². The maximum Gasteiger partial charge on any atom is 0.242 e. The van der Waals surface area contributed by atoms with Crippen LogP contribution in [-0.2, 0) is 23.0 Å². The fourth-order valence-corrected chi connectivity index (χ4v) is 4.22. The molecule has 0 saturated carbocycles. The predicted octanol–water partition coefficient (Wildman–Crippen LogP) is 3.00. The van der Waals surface area contributed by atoms with Gasteiger partial charge < -0.3 is 10.3 Å². The van der Waals surface area contributed by atoms with E-state index in [0.29, 0.717) is 6.42 Å². The number of nitrogens with zero attached hydrogens (tertiary/aromatic N) is 3. The van der Waals surface area contributed by atoms with Gasteiger partial charge in [0.15, 0.2) is 0 Å². The molecule has 154 valence electrons. The first-order valence-corrected chi connectivity index (χ1v) is 10.7. The third-order valence-corrected chi connectivity index (χ3v) is 6.77. The van der Waals surface area contributed by atoms with E-state index in [1.165, 1.54) is 24.5 Å². The molecule has 6 nitrogen and oxygen atoms in total. The summed E-state index contributed by atoms with van der Waals surface area (Å²) < 4.78 is 41.7. The Labute approximate surface area is 170 Å². The Hall–Kier alpha value is -2.55. The second kappa shape index (κ2) is 8.44. The minimum Gasteiger partial charge on any atom is -0.336 e. The summed E-state index contributed by atoms with van der Waals surface area (Å²) in [7, 11) is -0.455. The van der Waals surface area contributed by atoms with Crippen molar-refractivity contribution in [2.75, 3.05) is 20.6 Å². The number of aromatic nitrogens is 2. The average Bonchev–Trinajstić information content (AvgIpc) is 2.94. The summed E-state index contributed by atoms with van der Waals surface area (Å²) in [6.45, 7) is 2.19. The standard InChI is InChI=1S/C21H25FN4O2S/c1-15-19(13-16-6-8-18(9-7-16)29(27,28)25(2)3)21-20(5-4-12-24-21)26(15)14-17(22)10-11-23/h4-10,12H,11,13-14,23H2,1-3H3. The van der Waals surface area contributed by atoms with Gasteiger partial charge >= 0.3 is 0 Å². The van der Waals surface area contributed by atoms with Crippen molar-refractivity contribution < 1.29 is 12.8 Å². The lowest BCUT2D eigenvalue weighted by molar-refractivity contribution is 0.520. The smallest absolute Gasteiger partial charge is 0.242 e. The third-order valence-electron chi connectivity index (χ3n) is 4.94. The van der Waals surface area contributed by atoms with E-state index in [9.17, 15) is 12.8 Å². The Balaban J connectivity index is 1.99. The predicted molar refractivity (Wildman–Crippen MR) is 113 cm³/mol. The van der Waals surface area contributed by atoms with Gasteiger partial charge in [-0.05, 0) is 42.8 Å². The van der Waals surface area contributed by atoms with E-state index in [1.54, 1.807) is 30.5 Å². The van der Waals surface area contributed by atoms with Crippen LogP contribution >= 0.6 is 0 Å². The maximum absolute atomic E-state index is 14.1. The second-order valence-corrected chi connectivity index (χ2v) is 9.17. The average molecular weight is 417 g/mol. The highest BCUT2D eigenvalue weighted by molar-refractivity contribution is 7.89. The molecule has 0 bridgehead atoms. The Morgan fingerprint density at radius 2 is 1.93 bits per heavy atom. The summed E-state index contributed by atoms with van der Waals surface area (Å²) in [5, 5.41) is 0. The van der Waals surface area contributed by atoms with Gasteiger partial charge in [-0.3, -0.25) is 4.98 Å². The summed E-state index contributed by atoms with van der Waals surface area (Å²) in [4.78, 5) is 4.75. The maximum atomic E-state index is 14.1. The molecule has 0 aliphatic rings. The Morgan fingerprint density at radius 3 is 2.55 bits per heavy atom. The van der Waals surface area contributed by atoms with Crippen LogP contribution in [0.4, 0.5) is 4.39 Å². The zero-order valence-corrected chi connectivity index (χ0v) is 17.6. The number of rotatable bonds is 7. The number of hydrogen-bond acceptors (Lipinski definition) is 4. The molecule has 0 aliphatic carbocycles. The molecule has 29 heavy (non-hydrogen) atoms. The number of allylic oxidation sites excluding steroid dienone is 1. The lowest BCUT2D eigenvalue weighted by atomic mass is 10.0.